The van der Waals surface area contributed by atoms with Gasteiger partial charge in [-0.3, -0.25) is 14.2 Å². The van der Waals surface area contributed by atoms with Crippen molar-refractivity contribution in [2.24, 2.45) is 0 Å². The second-order valence-corrected chi connectivity index (χ2v) is 31.3. The van der Waals surface area contributed by atoms with Crippen molar-refractivity contribution in [1.82, 2.24) is 0 Å². The first-order valence-electron chi connectivity index (χ1n) is 41.4. The number of phosphoric acid groups is 1. The molecule has 0 N–H and O–H groups in total. The van der Waals surface area contributed by atoms with Crippen LogP contribution in [0, 0.1) is 0 Å². The van der Waals surface area contributed by atoms with E-state index in [1.54, 1.807) is 0 Å². The van der Waals surface area contributed by atoms with E-state index in [0.717, 1.165) is 32.1 Å². The molecule has 0 saturated heterocycles. The number of rotatable bonds is 79. The molecular weight excluding hydrogens is 1160 g/mol. The van der Waals surface area contributed by atoms with Gasteiger partial charge < -0.3 is 27.9 Å². The molecule has 0 rings (SSSR count). The third kappa shape index (κ3) is 77.8. The van der Waals surface area contributed by atoms with Gasteiger partial charge in [-0.1, -0.05) is 411 Å². The van der Waals surface area contributed by atoms with Crippen molar-refractivity contribution in [3.8, 4) is 0 Å². The fourth-order valence-corrected chi connectivity index (χ4v) is 13.7. The number of carbonyl (C=O) groups is 2. The Bertz CT molecular complexity index is 1550. The Morgan fingerprint density at radius 3 is 0.804 bits per heavy atom. The Kier molecular flexibility index (Phi) is 73.0. The van der Waals surface area contributed by atoms with Crippen LogP contribution in [-0.4, -0.2) is 70.0 Å². The van der Waals surface area contributed by atoms with Gasteiger partial charge in [0.2, 0.25) is 0 Å². The van der Waals surface area contributed by atoms with Crippen LogP contribution in [0.2, 0.25) is 0 Å². The number of unbranched alkanes of at least 4 members (excludes halogenated alkanes) is 63. The van der Waals surface area contributed by atoms with Crippen molar-refractivity contribution in [2.75, 3.05) is 47.5 Å². The first kappa shape index (κ1) is 90.8. The first-order chi connectivity index (χ1) is 45.0. The molecule has 0 amide bonds. The van der Waals surface area contributed by atoms with Gasteiger partial charge in [-0.25, -0.2) is 0 Å². The molecule has 0 aromatic heterocycles. The average molecular weight is 1320 g/mol. The van der Waals surface area contributed by atoms with E-state index in [9.17, 15) is 19.0 Å². The highest BCUT2D eigenvalue weighted by Gasteiger charge is 2.22. The summed E-state index contributed by atoms with van der Waals surface area (Å²) in [5.74, 6) is -0.802. The Balaban J connectivity index is 3.87. The normalized spacial score (nSPS) is 13.0. The number of allylic oxidation sites excluding steroid dienone is 2. The van der Waals surface area contributed by atoms with Gasteiger partial charge in [0.15, 0.2) is 6.10 Å². The maximum atomic E-state index is 12.9. The molecule has 0 aromatic carbocycles. The topological polar surface area (TPSA) is 111 Å². The van der Waals surface area contributed by atoms with E-state index in [-0.39, 0.29) is 32.0 Å². The van der Waals surface area contributed by atoms with Gasteiger partial charge in [0.1, 0.15) is 19.8 Å². The number of phosphoric ester groups is 1. The van der Waals surface area contributed by atoms with E-state index in [1.807, 2.05) is 21.1 Å². The summed E-state index contributed by atoms with van der Waals surface area (Å²) in [5.41, 5.74) is 0. The van der Waals surface area contributed by atoms with E-state index < -0.39 is 26.5 Å². The minimum Gasteiger partial charge on any atom is -0.756 e. The predicted molar refractivity (Wildman–Crippen MR) is 398 cm³/mol. The van der Waals surface area contributed by atoms with E-state index >= 15 is 0 Å². The van der Waals surface area contributed by atoms with Gasteiger partial charge in [0.05, 0.1) is 27.7 Å². The molecule has 92 heavy (non-hydrogen) atoms. The second kappa shape index (κ2) is 74.0. The van der Waals surface area contributed by atoms with Gasteiger partial charge >= 0.3 is 11.9 Å². The van der Waals surface area contributed by atoms with E-state index in [1.165, 1.54) is 385 Å². The molecule has 0 heterocycles. The molecule has 0 bridgehead atoms. The number of ether oxygens (including phenoxy) is 2. The lowest BCUT2D eigenvalue weighted by Crippen LogP contribution is -2.37. The third-order valence-corrected chi connectivity index (χ3v) is 20.2. The minimum absolute atomic E-state index is 0.0257. The van der Waals surface area contributed by atoms with Crippen LogP contribution < -0.4 is 4.89 Å². The molecule has 0 aliphatic carbocycles. The smallest absolute Gasteiger partial charge is 0.306 e. The summed E-state index contributed by atoms with van der Waals surface area (Å²) in [6, 6.07) is 0. The highest BCUT2D eigenvalue weighted by molar-refractivity contribution is 7.45. The summed E-state index contributed by atoms with van der Waals surface area (Å²) in [6.07, 6.45) is 93.6. The molecule has 2 unspecified atom stereocenters. The number of esters is 2. The molecular formula is C82H162NO8P. The first-order valence-corrected chi connectivity index (χ1v) is 42.9. The Morgan fingerprint density at radius 2 is 0.554 bits per heavy atom. The molecule has 0 aromatic rings. The van der Waals surface area contributed by atoms with Gasteiger partial charge in [0.25, 0.3) is 7.82 Å². The Hall–Kier alpha value is -1.25. The van der Waals surface area contributed by atoms with E-state index in [2.05, 4.69) is 26.0 Å². The molecule has 0 aliphatic heterocycles. The summed E-state index contributed by atoms with van der Waals surface area (Å²) < 4.78 is 34.4. The largest absolute Gasteiger partial charge is 0.756 e. The van der Waals surface area contributed by atoms with Crippen LogP contribution in [0.5, 0.6) is 0 Å². The lowest BCUT2D eigenvalue weighted by Gasteiger charge is -2.28. The zero-order valence-corrected chi connectivity index (χ0v) is 63.7. The zero-order chi connectivity index (χ0) is 66.9. The molecule has 2 atom stereocenters. The maximum Gasteiger partial charge on any atom is 0.306 e. The predicted octanol–water partition coefficient (Wildman–Crippen LogP) is 26.8. The molecule has 0 saturated carbocycles. The molecule has 0 aliphatic rings. The number of carbonyl (C=O) groups excluding carboxylic acids is 2. The van der Waals surface area contributed by atoms with Crippen molar-refractivity contribution < 1.29 is 42.1 Å². The Labute approximate surface area is 575 Å². The van der Waals surface area contributed by atoms with Crippen LogP contribution in [0.25, 0.3) is 0 Å². The lowest BCUT2D eigenvalue weighted by atomic mass is 10.0. The van der Waals surface area contributed by atoms with Crippen LogP contribution in [-0.2, 0) is 32.7 Å². The number of hydrogen-bond acceptors (Lipinski definition) is 8. The number of quaternary nitrogens is 1. The van der Waals surface area contributed by atoms with Crippen LogP contribution in [0.1, 0.15) is 450 Å². The van der Waals surface area contributed by atoms with E-state index in [0.29, 0.717) is 17.4 Å². The van der Waals surface area contributed by atoms with Crippen LogP contribution in [0.4, 0.5) is 0 Å². The maximum absolute atomic E-state index is 12.9. The monoisotopic (exact) mass is 1320 g/mol. The summed E-state index contributed by atoms with van der Waals surface area (Å²) in [4.78, 5) is 38.2. The molecule has 10 heteroatoms. The van der Waals surface area contributed by atoms with Crippen LogP contribution in [0.3, 0.4) is 0 Å². The van der Waals surface area contributed by atoms with Gasteiger partial charge in [-0.2, -0.15) is 0 Å². The highest BCUT2D eigenvalue weighted by Crippen LogP contribution is 2.38. The second-order valence-electron chi connectivity index (χ2n) is 29.9. The van der Waals surface area contributed by atoms with Gasteiger partial charge in [0, 0.05) is 12.8 Å². The molecule has 0 fully saturated rings. The minimum atomic E-state index is -4.64. The average Bonchev–Trinajstić information content (AvgIpc) is 2.14. The Morgan fingerprint density at radius 1 is 0.326 bits per heavy atom. The summed E-state index contributed by atoms with van der Waals surface area (Å²) in [7, 11) is 1.20. The standard InChI is InChI=1S/C82H162NO8P/c1-6-8-10-12-14-16-18-20-22-24-26-28-30-32-34-36-38-39-40-41-42-43-45-46-48-50-52-54-56-58-60-62-64-66-68-70-72-74-81(84)88-78-80(79-90-92(86,87)89-77-76-83(3,4)5)91-82(85)75-73-71-69-67-65-63-61-59-57-55-53-51-49-47-44-37-35-33-31-29-27-25-23-21-19-17-15-13-11-9-7-2/h25,27,80H,6-24,26,28-79H2,1-5H3/b27-25-. The van der Waals surface area contributed by atoms with Crippen molar-refractivity contribution in [1.29, 1.82) is 0 Å². The van der Waals surface area contributed by atoms with Gasteiger partial charge in [-0.15, -0.1) is 0 Å². The summed E-state index contributed by atoms with van der Waals surface area (Å²) in [5, 5.41) is 0. The van der Waals surface area contributed by atoms with E-state index in [4.69, 9.17) is 18.5 Å². The SMILES string of the molecule is CCCCCCCCCC/C=C\CCCCCCCCCCCCCCCCCCCCCC(=O)OC(COC(=O)CCCCCCCCCCCCCCCCCCCCCCCCCCCCCCCCCCCCCCC)COP(=O)([O-])OCC[N+](C)(C)C. The van der Waals surface area contributed by atoms with Crippen molar-refractivity contribution >= 4 is 19.8 Å². The molecule has 9 nitrogen and oxygen atoms in total. The highest BCUT2D eigenvalue weighted by atomic mass is 31.2. The van der Waals surface area contributed by atoms with Gasteiger partial charge in [-0.05, 0) is 38.5 Å². The number of nitrogens with zero attached hydrogens (tertiary/aromatic N) is 1. The lowest BCUT2D eigenvalue weighted by molar-refractivity contribution is -0.870. The zero-order valence-electron chi connectivity index (χ0n) is 62.8. The number of likely N-dealkylation sites (N-methyl/N-ethyl adjacent to an activating group) is 1. The molecule has 0 spiro atoms. The molecule has 0 radical (unpaired) electrons. The molecule has 548 valence electrons. The number of hydrogen-bond donors (Lipinski definition) is 0. The van der Waals surface area contributed by atoms with Crippen molar-refractivity contribution in [3.63, 3.8) is 0 Å². The quantitative estimate of drug-likeness (QED) is 0.0195. The summed E-state index contributed by atoms with van der Waals surface area (Å²) >= 11 is 0. The van der Waals surface area contributed by atoms with Crippen molar-refractivity contribution in [3.05, 3.63) is 12.2 Å². The third-order valence-electron chi connectivity index (χ3n) is 19.3. The van der Waals surface area contributed by atoms with Crippen molar-refractivity contribution in [2.45, 2.75) is 457 Å². The summed E-state index contributed by atoms with van der Waals surface area (Å²) in [6.45, 7) is 4.34. The fraction of sp³-hybridized carbons (Fsp3) is 0.951. The van der Waals surface area contributed by atoms with Crippen LogP contribution >= 0.6 is 7.82 Å². The van der Waals surface area contributed by atoms with Crippen LogP contribution in [0.15, 0.2) is 12.2 Å². The fourth-order valence-electron chi connectivity index (χ4n) is 13.0.